The van der Waals surface area contributed by atoms with Crippen LogP contribution in [0, 0.1) is 5.92 Å². The summed E-state index contributed by atoms with van der Waals surface area (Å²) in [5, 5.41) is 2.89. The molecule has 2 aromatic rings. The largest absolute Gasteiger partial charge is 0.383 e. The zero-order chi connectivity index (χ0) is 12.4. The summed E-state index contributed by atoms with van der Waals surface area (Å²) in [6.45, 7) is 2.76. The molecule has 18 heavy (non-hydrogen) atoms. The van der Waals surface area contributed by atoms with Gasteiger partial charge in [0.15, 0.2) is 5.82 Å². The van der Waals surface area contributed by atoms with Gasteiger partial charge in [-0.05, 0) is 17.9 Å². The van der Waals surface area contributed by atoms with E-state index in [1.807, 2.05) is 11.4 Å². The van der Waals surface area contributed by atoms with E-state index in [-0.39, 0.29) is 0 Å². The first-order chi connectivity index (χ1) is 8.83. The van der Waals surface area contributed by atoms with Crippen LogP contribution in [0.2, 0.25) is 0 Å². The fourth-order valence-corrected chi connectivity index (χ4v) is 2.81. The van der Waals surface area contributed by atoms with Gasteiger partial charge in [-0.2, -0.15) is 0 Å². The van der Waals surface area contributed by atoms with E-state index in [1.165, 1.54) is 0 Å². The van der Waals surface area contributed by atoms with Crippen molar-refractivity contribution in [2.75, 3.05) is 25.6 Å². The number of ether oxygens (including phenoxy) is 2. The maximum Gasteiger partial charge on any atom is 0.158 e. The van der Waals surface area contributed by atoms with Crippen LogP contribution in [0.15, 0.2) is 11.4 Å². The number of nitrogen functional groups attached to an aromatic ring is 1. The molecule has 0 saturated carbocycles. The van der Waals surface area contributed by atoms with E-state index >= 15 is 0 Å². The first-order valence-electron chi connectivity index (χ1n) is 5.98. The van der Waals surface area contributed by atoms with Crippen LogP contribution < -0.4 is 5.73 Å². The highest BCUT2D eigenvalue weighted by molar-refractivity contribution is 7.16. The Labute approximate surface area is 109 Å². The lowest BCUT2D eigenvalue weighted by Crippen LogP contribution is -2.10. The Hall–Kier alpha value is -1.24. The first kappa shape index (κ1) is 11.8. The third kappa shape index (κ3) is 2.45. The summed E-state index contributed by atoms with van der Waals surface area (Å²) >= 11 is 1.57. The summed E-state index contributed by atoms with van der Waals surface area (Å²) in [6.07, 6.45) is 1.08. The Bertz CT molecular complexity index is 537. The van der Waals surface area contributed by atoms with Crippen LogP contribution in [0.25, 0.3) is 10.2 Å². The van der Waals surface area contributed by atoms with Crippen LogP contribution in [0.5, 0.6) is 0 Å². The summed E-state index contributed by atoms with van der Waals surface area (Å²) in [4.78, 5) is 9.61. The second kappa shape index (κ2) is 5.17. The fraction of sp³-hybridized carbons (Fsp3) is 0.500. The molecule has 1 fully saturated rings. The highest BCUT2D eigenvalue weighted by Gasteiger charge is 2.16. The van der Waals surface area contributed by atoms with E-state index in [0.29, 0.717) is 30.8 Å². The van der Waals surface area contributed by atoms with Gasteiger partial charge in [0.2, 0.25) is 0 Å². The van der Waals surface area contributed by atoms with E-state index in [4.69, 9.17) is 15.2 Å². The number of rotatable bonds is 4. The van der Waals surface area contributed by atoms with Crippen molar-refractivity contribution in [3.05, 3.63) is 17.3 Å². The van der Waals surface area contributed by atoms with Gasteiger partial charge in [-0.25, -0.2) is 9.97 Å². The summed E-state index contributed by atoms with van der Waals surface area (Å²) < 4.78 is 10.9. The molecule has 2 aromatic heterocycles. The molecular weight excluding hydrogens is 250 g/mol. The minimum Gasteiger partial charge on any atom is -0.383 e. The van der Waals surface area contributed by atoms with Gasteiger partial charge in [0, 0.05) is 12.5 Å². The number of hydrogen-bond donors (Lipinski definition) is 1. The zero-order valence-corrected chi connectivity index (χ0v) is 10.8. The lowest BCUT2D eigenvalue weighted by Gasteiger charge is -2.08. The number of anilines is 1. The molecule has 0 aromatic carbocycles. The zero-order valence-electron chi connectivity index (χ0n) is 9.96. The normalized spacial score (nSPS) is 19.7. The van der Waals surface area contributed by atoms with Gasteiger partial charge in [-0.1, -0.05) is 0 Å². The molecule has 0 aliphatic carbocycles. The Morgan fingerprint density at radius 3 is 3.28 bits per heavy atom. The summed E-state index contributed by atoms with van der Waals surface area (Å²) in [6, 6.07) is 1.94. The van der Waals surface area contributed by atoms with Gasteiger partial charge in [-0.3, -0.25) is 0 Å². The monoisotopic (exact) mass is 265 g/mol. The molecule has 1 unspecified atom stereocenters. The number of thiophene rings is 1. The molecule has 96 valence electrons. The van der Waals surface area contributed by atoms with E-state index in [9.17, 15) is 0 Å². The highest BCUT2D eigenvalue weighted by atomic mass is 32.1. The molecule has 1 saturated heterocycles. The van der Waals surface area contributed by atoms with Crippen molar-refractivity contribution in [3.63, 3.8) is 0 Å². The standard InChI is InChI=1S/C12H15N3O2S/c13-11-9-2-4-18-12(9)15-10(14-11)7-17-6-8-1-3-16-5-8/h2,4,8H,1,3,5-7H2,(H2,13,14,15). The van der Waals surface area contributed by atoms with Gasteiger partial charge in [0.25, 0.3) is 0 Å². The Balaban J connectivity index is 1.63. The fourth-order valence-electron chi connectivity index (χ4n) is 2.02. The van der Waals surface area contributed by atoms with Crippen LogP contribution in [-0.2, 0) is 16.1 Å². The van der Waals surface area contributed by atoms with Gasteiger partial charge in [0.1, 0.15) is 17.3 Å². The molecule has 1 aliphatic heterocycles. The smallest absolute Gasteiger partial charge is 0.158 e. The van der Waals surface area contributed by atoms with Gasteiger partial charge in [-0.15, -0.1) is 11.3 Å². The highest BCUT2D eigenvalue weighted by Crippen LogP contribution is 2.23. The van der Waals surface area contributed by atoms with Crippen molar-refractivity contribution >= 4 is 27.4 Å². The van der Waals surface area contributed by atoms with Crippen molar-refractivity contribution in [2.24, 2.45) is 5.92 Å². The molecule has 0 bridgehead atoms. The summed E-state index contributed by atoms with van der Waals surface area (Å²) in [5.74, 6) is 1.69. The molecule has 1 atom stereocenters. The Morgan fingerprint density at radius 2 is 2.44 bits per heavy atom. The second-order valence-electron chi connectivity index (χ2n) is 4.41. The van der Waals surface area contributed by atoms with E-state index in [0.717, 1.165) is 29.9 Å². The number of hydrogen-bond acceptors (Lipinski definition) is 6. The molecule has 5 nitrogen and oxygen atoms in total. The van der Waals surface area contributed by atoms with E-state index < -0.39 is 0 Å². The van der Waals surface area contributed by atoms with Gasteiger partial charge in [0.05, 0.1) is 18.6 Å². The van der Waals surface area contributed by atoms with Crippen molar-refractivity contribution in [1.82, 2.24) is 9.97 Å². The lowest BCUT2D eigenvalue weighted by atomic mass is 10.1. The van der Waals surface area contributed by atoms with Crippen LogP contribution in [0.4, 0.5) is 5.82 Å². The minimum atomic E-state index is 0.411. The third-order valence-electron chi connectivity index (χ3n) is 3.01. The third-order valence-corrected chi connectivity index (χ3v) is 3.82. The van der Waals surface area contributed by atoms with Crippen LogP contribution in [0.3, 0.4) is 0 Å². The van der Waals surface area contributed by atoms with Crippen molar-refractivity contribution in [1.29, 1.82) is 0 Å². The first-order valence-corrected chi connectivity index (χ1v) is 6.86. The second-order valence-corrected chi connectivity index (χ2v) is 5.30. The van der Waals surface area contributed by atoms with Crippen LogP contribution in [-0.4, -0.2) is 29.8 Å². The number of nitrogens with zero attached hydrogens (tertiary/aromatic N) is 2. The average Bonchev–Trinajstić information content (AvgIpc) is 2.99. The van der Waals surface area contributed by atoms with Crippen molar-refractivity contribution in [3.8, 4) is 0 Å². The molecule has 6 heteroatoms. The molecule has 2 N–H and O–H groups in total. The topological polar surface area (TPSA) is 70.3 Å². The molecule has 0 amide bonds. The van der Waals surface area contributed by atoms with E-state index in [1.54, 1.807) is 11.3 Å². The molecule has 3 heterocycles. The predicted molar refractivity (Wildman–Crippen MR) is 70.4 cm³/mol. The predicted octanol–water partition coefficient (Wildman–Crippen LogP) is 1.83. The van der Waals surface area contributed by atoms with Crippen molar-refractivity contribution in [2.45, 2.75) is 13.0 Å². The summed E-state index contributed by atoms with van der Waals surface area (Å²) in [5.41, 5.74) is 5.88. The average molecular weight is 265 g/mol. The maximum atomic E-state index is 5.88. The van der Waals surface area contributed by atoms with Gasteiger partial charge >= 0.3 is 0 Å². The number of fused-ring (bicyclic) bond motifs is 1. The SMILES string of the molecule is Nc1nc(COCC2CCOC2)nc2sccc12. The number of aromatic nitrogens is 2. The molecule has 1 aliphatic rings. The molecule has 0 radical (unpaired) electrons. The van der Waals surface area contributed by atoms with Crippen LogP contribution in [0.1, 0.15) is 12.2 Å². The number of nitrogens with two attached hydrogens (primary N) is 1. The van der Waals surface area contributed by atoms with Crippen LogP contribution >= 0.6 is 11.3 Å². The lowest BCUT2D eigenvalue weighted by molar-refractivity contribution is 0.0755. The van der Waals surface area contributed by atoms with Gasteiger partial charge < -0.3 is 15.2 Å². The molecule has 0 spiro atoms. The summed E-state index contributed by atoms with van der Waals surface area (Å²) in [7, 11) is 0. The minimum absolute atomic E-state index is 0.411. The quantitative estimate of drug-likeness (QED) is 0.913. The maximum absolute atomic E-state index is 5.88. The Morgan fingerprint density at radius 1 is 1.50 bits per heavy atom. The molecule has 3 rings (SSSR count). The van der Waals surface area contributed by atoms with E-state index in [2.05, 4.69) is 9.97 Å². The molecular formula is C12H15N3O2S. The Kier molecular flexibility index (Phi) is 3.40. The van der Waals surface area contributed by atoms with Crippen molar-refractivity contribution < 1.29 is 9.47 Å².